The summed E-state index contributed by atoms with van der Waals surface area (Å²) < 4.78 is 5.86. The molecule has 1 aromatic carbocycles. The number of benzene rings is 1. The van der Waals surface area contributed by atoms with E-state index in [1.54, 1.807) is 37.6 Å². The van der Waals surface area contributed by atoms with Gasteiger partial charge < -0.3 is 20.3 Å². The molecule has 1 unspecified atom stereocenters. The number of carbonyl (C=O) groups excluding carboxylic acids is 1. The second-order valence-electron chi connectivity index (χ2n) is 6.15. The van der Waals surface area contributed by atoms with Crippen molar-refractivity contribution in [2.45, 2.75) is 19.6 Å². The van der Waals surface area contributed by atoms with Gasteiger partial charge in [-0.05, 0) is 42.6 Å². The lowest BCUT2D eigenvalue weighted by Gasteiger charge is -2.18. The van der Waals surface area contributed by atoms with Crippen LogP contribution < -0.4 is 15.4 Å². The molecule has 154 valence electrons. The van der Waals surface area contributed by atoms with Crippen LogP contribution in [0.4, 0.5) is 0 Å². The fourth-order valence-corrected chi connectivity index (χ4v) is 2.84. The zero-order chi connectivity index (χ0) is 19.6. The molecule has 1 amide bonds. The lowest BCUT2D eigenvalue weighted by Crippen LogP contribution is -2.42. The number of halogens is 2. The summed E-state index contributed by atoms with van der Waals surface area (Å²) in [6.45, 7) is 3.23. The number of nitrogens with one attached hydrogen (secondary N) is 2. The zero-order valence-electron chi connectivity index (χ0n) is 16.1. The van der Waals surface area contributed by atoms with E-state index in [0.29, 0.717) is 24.1 Å². The normalized spacial score (nSPS) is 11.9. The van der Waals surface area contributed by atoms with Crippen LogP contribution in [0.2, 0.25) is 5.02 Å². The Morgan fingerprint density at radius 3 is 2.57 bits per heavy atom. The number of rotatable bonds is 8. The van der Waals surface area contributed by atoms with Crippen molar-refractivity contribution in [3.05, 3.63) is 51.7 Å². The number of thiophene rings is 1. The van der Waals surface area contributed by atoms with Crippen molar-refractivity contribution in [2.24, 2.45) is 4.99 Å². The first-order valence-electron chi connectivity index (χ1n) is 8.61. The van der Waals surface area contributed by atoms with Gasteiger partial charge >= 0.3 is 0 Å². The third kappa shape index (κ3) is 9.11. The van der Waals surface area contributed by atoms with Crippen molar-refractivity contribution in [3.8, 4) is 5.75 Å². The molecule has 1 atom stereocenters. The number of hydrogen-bond acceptors (Lipinski definition) is 4. The third-order valence-electron chi connectivity index (χ3n) is 3.59. The Kier molecular flexibility index (Phi) is 11.2. The summed E-state index contributed by atoms with van der Waals surface area (Å²) in [7, 11) is 3.43. The maximum atomic E-state index is 11.8. The molecule has 0 bridgehead atoms. The minimum atomic E-state index is -0.0931. The fraction of sp³-hybridized carbons (Fsp3) is 0.368. The maximum absolute atomic E-state index is 11.8. The van der Waals surface area contributed by atoms with E-state index in [0.717, 1.165) is 5.75 Å². The Balaban J connectivity index is 0.00000392. The highest BCUT2D eigenvalue weighted by Crippen LogP contribution is 2.16. The van der Waals surface area contributed by atoms with Gasteiger partial charge in [-0.2, -0.15) is 0 Å². The van der Waals surface area contributed by atoms with Gasteiger partial charge in [-0.3, -0.25) is 4.79 Å². The largest absolute Gasteiger partial charge is 0.489 e. The van der Waals surface area contributed by atoms with Crippen LogP contribution in [-0.2, 0) is 11.3 Å². The molecule has 28 heavy (non-hydrogen) atoms. The highest BCUT2D eigenvalue weighted by Gasteiger charge is 2.08. The molecule has 0 aliphatic rings. The van der Waals surface area contributed by atoms with Crippen molar-refractivity contribution in [3.63, 3.8) is 0 Å². The first-order chi connectivity index (χ1) is 12.9. The summed E-state index contributed by atoms with van der Waals surface area (Å²) >= 11 is 7.55. The van der Waals surface area contributed by atoms with E-state index in [2.05, 4.69) is 15.6 Å². The van der Waals surface area contributed by atoms with Crippen LogP contribution in [0.15, 0.2) is 46.8 Å². The van der Waals surface area contributed by atoms with E-state index in [1.807, 2.05) is 36.6 Å². The molecule has 0 saturated heterocycles. The molecule has 0 radical (unpaired) electrons. The molecule has 2 rings (SSSR count). The predicted molar refractivity (Wildman–Crippen MR) is 127 cm³/mol. The van der Waals surface area contributed by atoms with Gasteiger partial charge in [-0.25, -0.2) is 4.99 Å². The lowest BCUT2D eigenvalue weighted by atomic mass is 10.3. The van der Waals surface area contributed by atoms with Gasteiger partial charge in [0.05, 0.1) is 13.1 Å². The Hall–Kier alpha value is -1.52. The number of amides is 1. The van der Waals surface area contributed by atoms with E-state index in [4.69, 9.17) is 16.3 Å². The van der Waals surface area contributed by atoms with Gasteiger partial charge in [-0.1, -0.05) is 17.7 Å². The SMILES string of the molecule is CC(CNC(=NCC(=O)N(C)C)NCc1cccs1)Oc1ccc(Cl)cc1.I. The Labute approximate surface area is 192 Å². The Bertz CT molecular complexity index is 739. The molecule has 1 aromatic heterocycles. The monoisotopic (exact) mass is 536 g/mol. The van der Waals surface area contributed by atoms with E-state index in [1.165, 1.54) is 9.78 Å². The smallest absolute Gasteiger partial charge is 0.243 e. The lowest BCUT2D eigenvalue weighted by molar-refractivity contribution is -0.127. The van der Waals surface area contributed by atoms with Crippen LogP contribution in [0.5, 0.6) is 5.75 Å². The van der Waals surface area contributed by atoms with E-state index in [-0.39, 0.29) is 42.5 Å². The fourth-order valence-electron chi connectivity index (χ4n) is 2.07. The van der Waals surface area contributed by atoms with Crippen molar-refractivity contribution in [1.29, 1.82) is 0 Å². The second kappa shape index (κ2) is 12.8. The molecular formula is C19H26ClIN4O2S. The minimum absolute atomic E-state index is 0. The highest BCUT2D eigenvalue weighted by molar-refractivity contribution is 14.0. The van der Waals surface area contributed by atoms with Gasteiger partial charge in [0.25, 0.3) is 0 Å². The van der Waals surface area contributed by atoms with Crippen LogP contribution in [-0.4, -0.2) is 50.1 Å². The topological polar surface area (TPSA) is 66.0 Å². The highest BCUT2D eigenvalue weighted by atomic mass is 127. The van der Waals surface area contributed by atoms with Crippen molar-refractivity contribution < 1.29 is 9.53 Å². The van der Waals surface area contributed by atoms with Gasteiger partial charge in [-0.15, -0.1) is 35.3 Å². The van der Waals surface area contributed by atoms with Crippen LogP contribution in [0.3, 0.4) is 0 Å². The molecular weight excluding hydrogens is 511 g/mol. The Morgan fingerprint density at radius 1 is 1.25 bits per heavy atom. The maximum Gasteiger partial charge on any atom is 0.243 e. The summed E-state index contributed by atoms with van der Waals surface area (Å²) in [5.41, 5.74) is 0. The number of ether oxygens (including phenoxy) is 1. The number of aliphatic imine (C=N–C) groups is 1. The standard InChI is InChI=1S/C19H25ClN4O2S.HI/c1-14(26-16-8-6-15(20)7-9-16)11-21-19(23-13-18(25)24(2)3)22-12-17-5-4-10-27-17;/h4-10,14H,11-13H2,1-3H3,(H2,21,22,23);1H. The van der Waals surface area contributed by atoms with Crippen LogP contribution in [0.25, 0.3) is 0 Å². The van der Waals surface area contributed by atoms with Crippen LogP contribution in [0, 0.1) is 0 Å². The van der Waals surface area contributed by atoms with E-state index in [9.17, 15) is 4.79 Å². The van der Waals surface area contributed by atoms with Crippen LogP contribution >= 0.6 is 46.9 Å². The molecule has 2 N–H and O–H groups in total. The van der Waals surface area contributed by atoms with E-state index < -0.39 is 0 Å². The average molecular weight is 537 g/mol. The second-order valence-corrected chi connectivity index (χ2v) is 7.62. The molecule has 9 heteroatoms. The van der Waals surface area contributed by atoms with Crippen molar-refractivity contribution in [1.82, 2.24) is 15.5 Å². The molecule has 0 saturated carbocycles. The predicted octanol–water partition coefficient (Wildman–Crippen LogP) is 3.61. The quantitative estimate of drug-likeness (QED) is 0.307. The number of likely N-dealkylation sites (N-methyl/N-ethyl adjacent to an activating group) is 1. The zero-order valence-corrected chi connectivity index (χ0v) is 20.0. The number of nitrogens with zero attached hydrogens (tertiary/aromatic N) is 2. The first kappa shape index (κ1) is 24.5. The van der Waals surface area contributed by atoms with Gasteiger partial charge in [0.15, 0.2) is 5.96 Å². The van der Waals surface area contributed by atoms with Crippen molar-refractivity contribution in [2.75, 3.05) is 27.2 Å². The summed E-state index contributed by atoms with van der Waals surface area (Å²) in [5.74, 6) is 1.27. The molecule has 0 fully saturated rings. The van der Waals surface area contributed by atoms with Crippen molar-refractivity contribution >= 4 is 58.8 Å². The molecule has 6 nitrogen and oxygen atoms in total. The third-order valence-corrected chi connectivity index (χ3v) is 4.72. The number of guanidine groups is 1. The Morgan fingerprint density at radius 2 is 1.96 bits per heavy atom. The molecule has 2 aromatic rings. The molecule has 1 heterocycles. The van der Waals surface area contributed by atoms with E-state index >= 15 is 0 Å². The van der Waals surface area contributed by atoms with Gasteiger partial charge in [0.1, 0.15) is 18.4 Å². The number of carbonyl (C=O) groups is 1. The number of hydrogen-bond donors (Lipinski definition) is 2. The average Bonchev–Trinajstić information content (AvgIpc) is 3.16. The summed E-state index contributed by atoms with van der Waals surface area (Å²) in [6, 6.07) is 11.3. The molecule has 0 aliphatic heterocycles. The summed E-state index contributed by atoms with van der Waals surface area (Å²) in [4.78, 5) is 18.9. The minimum Gasteiger partial charge on any atom is -0.489 e. The molecule has 0 spiro atoms. The van der Waals surface area contributed by atoms with Crippen LogP contribution in [0.1, 0.15) is 11.8 Å². The first-order valence-corrected chi connectivity index (χ1v) is 9.86. The summed E-state index contributed by atoms with van der Waals surface area (Å²) in [5, 5.41) is 9.18. The van der Waals surface area contributed by atoms with Gasteiger partial charge in [0.2, 0.25) is 5.91 Å². The van der Waals surface area contributed by atoms with Gasteiger partial charge in [0, 0.05) is 24.0 Å². The molecule has 0 aliphatic carbocycles. The summed E-state index contributed by atoms with van der Waals surface area (Å²) in [6.07, 6.45) is -0.0931.